The maximum atomic E-state index is 12.9. The predicted molar refractivity (Wildman–Crippen MR) is 122 cm³/mol. The van der Waals surface area contributed by atoms with E-state index < -0.39 is 5.97 Å². The van der Waals surface area contributed by atoms with Crippen LogP contribution in [0.2, 0.25) is 0 Å². The molecular formula is C27H38O6. The van der Waals surface area contributed by atoms with Gasteiger partial charge in [-0.1, -0.05) is 19.4 Å². The van der Waals surface area contributed by atoms with Crippen LogP contribution in [0.25, 0.3) is 0 Å². The van der Waals surface area contributed by atoms with Gasteiger partial charge in [-0.15, -0.1) is 0 Å². The highest BCUT2D eigenvalue weighted by Crippen LogP contribution is 2.67. The van der Waals surface area contributed by atoms with Gasteiger partial charge in [0.2, 0.25) is 0 Å². The van der Waals surface area contributed by atoms with Crippen LogP contribution >= 0.6 is 0 Å². The minimum absolute atomic E-state index is 0.0119. The van der Waals surface area contributed by atoms with E-state index in [2.05, 4.69) is 13.8 Å². The molecule has 7 atom stereocenters. The Morgan fingerprint density at radius 2 is 1.82 bits per heavy atom. The van der Waals surface area contributed by atoms with Gasteiger partial charge in [-0.05, 0) is 87.0 Å². The van der Waals surface area contributed by atoms with Gasteiger partial charge in [-0.3, -0.25) is 19.2 Å². The Balaban J connectivity index is 1.61. The number of carboxylic acid groups (broad SMARTS) is 1. The Kier molecular flexibility index (Phi) is 6.58. The first-order chi connectivity index (χ1) is 15.6. The standard InChI is InChI=1S/C27H38O6/c1-16(28)20-10-11-21-19-9-8-17-14-18(29)12-13-26(17,2)25(19)22(15-27(20,21)3)33-24(32)7-5-4-6-23(30)31/h14,19-22,25H,4-13,15H2,1-3H3,(H,30,31)/t19-,20+,21-,22+,25+,26-,27+/m0/s1. The summed E-state index contributed by atoms with van der Waals surface area (Å²) >= 11 is 0. The molecule has 4 rings (SSSR count). The highest BCUT2D eigenvalue weighted by atomic mass is 16.5. The zero-order chi connectivity index (χ0) is 24.0. The molecule has 0 radical (unpaired) electrons. The van der Waals surface area contributed by atoms with E-state index in [1.165, 1.54) is 5.57 Å². The number of carbonyl (C=O) groups is 4. The molecule has 0 aliphatic heterocycles. The van der Waals surface area contributed by atoms with E-state index in [1.807, 2.05) is 6.08 Å². The van der Waals surface area contributed by atoms with Crippen LogP contribution in [0.1, 0.15) is 91.4 Å². The van der Waals surface area contributed by atoms with Gasteiger partial charge in [0.1, 0.15) is 11.9 Å². The number of carbonyl (C=O) groups excluding carboxylic acids is 3. The number of unbranched alkanes of at least 4 members (excludes halogenated alkanes) is 1. The van der Waals surface area contributed by atoms with Gasteiger partial charge in [0.05, 0.1) is 0 Å². The Hall–Kier alpha value is -1.98. The molecule has 1 N–H and O–H groups in total. The van der Waals surface area contributed by atoms with Crippen LogP contribution in [0.4, 0.5) is 0 Å². The summed E-state index contributed by atoms with van der Waals surface area (Å²) in [6, 6.07) is 0. The third-order valence-electron chi connectivity index (χ3n) is 9.67. The molecule has 3 saturated carbocycles. The number of ether oxygens (including phenoxy) is 1. The summed E-state index contributed by atoms with van der Waals surface area (Å²) in [6.45, 7) is 6.19. The number of hydrogen-bond donors (Lipinski definition) is 1. The van der Waals surface area contributed by atoms with Crippen LogP contribution in [-0.2, 0) is 23.9 Å². The van der Waals surface area contributed by atoms with Crippen LogP contribution in [0.15, 0.2) is 11.6 Å². The van der Waals surface area contributed by atoms with E-state index >= 15 is 0 Å². The summed E-state index contributed by atoms with van der Waals surface area (Å²) in [6.07, 6.45) is 8.70. The second-order valence-electron chi connectivity index (χ2n) is 11.5. The molecule has 0 spiro atoms. The van der Waals surface area contributed by atoms with Crippen LogP contribution in [0, 0.1) is 34.5 Å². The topological polar surface area (TPSA) is 97.7 Å². The first-order valence-corrected chi connectivity index (χ1v) is 12.7. The van der Waals surface area contributed by atoms with E-state index in [0.29, 0.717) is 37.5 Å². The third kappa shape index (κ3) is 4.30. The van der Waals surface area contributed by atoms with Crippen LogP contribution in [-0.4, -0.2) is 34.7 Å². The van der Waals surface area contributed by atoms with Crippen molar-refractivity contribution in [1.82, 2.24) is 0 Å². The molecule has 0 bridgehead atoms. The van der Waals surface area contributed by atoms with E-state index in [4.69, 9.17) is 9.84 Å². The zero-order valence-corrected chi connectivity index (χ0v) is 20.2. The van der Waals surface area contributed by atoms with E-state index in [-0.39, 0.29) is 59.1 Å². The first-order valence-electron chi connectivity index (χ1n) is 12.7. The number of carboxylic acids is 1. The molecule has 6 nitrogen and oxygen atoms in total. The number of esters is 1. The smallest absolute Gasteiger partial charge is 0.306 e. The number of fused-ring (bicyclic) bond motifs is 5. The quantitative estimate of drug-likeness (QED) is 0.431. The van der Waals surface area contributed by atoms with Gasteiger partial charge < -0.3 is 9.84 Å². The molecule has 0 amide bonds. The normalized spacial score (nSPS) is 39.7. The van der Waals surface area contributed by atoms with Crippen molar-refractivity contribution in [1.29, 1.82) is 0 Å². The predicted octanol–water partition coefficient (Wildman–Crippen LogP) is 4.89. The van der Waals surface area contributed by atoms with Crippen molar-refractivity contribution in [2.75, 3.05) is 0 Å². The van der Waals surface area contributed by atoms with Crippen molar-refractivity contribution >= 4 is 23.5 Å². The van der Waals surface area contributed by atoms with E-state index in [0.717, 1.165) is 32.1 Å². The fourth-order valence-corrected chi connectivity index (χ4v) is 8.20. The number of hydrogen-bond acceptors (Lipinski definition) is 5. The maximum Gasteiger partial charge on any atom is 0.306 e. The SMILES string of the molecule is CC(=O)[C@H]1CC[C@H]2[C@@H]3CCC4=CC(=O)CC[C@]4(C)[C@H]3[C@H](OC(=O)CCCCC(=O)O)C[C@]12C. The van der Waals surface area contributed by atoms with Crippen molar-refractivity contribution < 1.29 is 29.0 Å². The summed E-state index contributed by atoms with van der Waals surface area (Å²) in [4.78, 5) is 48.4. The molecule has 0 aromatic heterocycles. The lowest BCUT2D eigenvalue weighted by Gasteiger charge is -2.60. The van der Waals surface area contributed by atoms with Gasteiger partial charge in [0.25, 0.3) is 0 Å². The molecule has 4 aliphatic rings. The Labute approximate surface area is 196 Å². The van der Waals surface area contributed by atoms with Crippen LogP contribution in [0.5, 0.6) is 0 Å². The maximum absolute atomic E-state index is 12.9. The average molecular weight is 459 g/mol. The molecule has 4 aliphatic carbocycles. The van der Waals surface area contributed by atoms with Crippen molar-refractivity contribution in [2.24, 2.45) is 34.5 Å². The number of rotatable bonds is 7. The fourth-order valence-electron chi connectivity index (χ4n) is 8.20. The lowest BCUT2D eigenvalue weighted by molar-refractivity contribution is -0.178. The molecule has 3 fully saturated rings. The number of ketones is 2. The zero-order valence-electron chi connectivity index (χ0n) is 20.2. The summed E-state index contributed by atoms with van der Waals surface area (Å²) in [5.41, 5.74) is 0.900. The largest absolute Gasteiger partial charge is 0.481 e. The highest BCUT2D eigenvalue weighted by molar-refractivity contribution is 5.91. The fraction of sp³-hybridized carbons (Fsp3) is 0.778. The molecule has 0 saturated heterocycles. The number of aliphatic carboxylic acids is 1. The molecule has 0 aromatic rings. The molecule has 33 heavy (non-hydrogen) atoms. The highest BCUT2D eigenvalue weighted by Gasteiger charge is 2.63. The molecule has 0 aromatic carbocycles. The number of Topliss-reactive ketones (excluding diaryl/α,β-unsaturated/α-hetero) is 1. The molecular weight excluding hydrogens is 420 g/mol. The lowest BCUT2D eigenvalue weighted by Crippen LogP contribution is -2.58. The van der Waals surface area contributed by atoms with E-state index in [1.54, 1.807) is 6.92 Å². The monoisotopic (exact) mass is 458 g/mol. The van der Waals surface area contributed by atoms with Crippen molar-refractivity contribution in [3.05, 3.63) is 11.6 Å². The Morgan fingerprint density at radius 1 is 1.09 bits per heavy atom. The number of allylic oxidation sites excluding steroid dienone is 1. The van der Waals surface area contributed by atoms with Gasteiger partial charge >= 0.3 is 11.9 Å². The van der Waals surface area contributed by atoms with E-state index in [9.17, 15) is 19.2 Å². The van der Waals surface area contributed by atoms with Crippen LogP contribution in [0.3, 0.4) is 0 Å². The molecule has 182 valence electrons. The minimum atomic E-state index is -0.852. The second-order valence-corrected chi connectivity index (χ2v) is 11.5. The van der Waals surface area contributed by atoms with Crippen molar-refractivity contribution in [3.8, 4) is 0 Å². The lowest BCUT2D eigenvalue weighted by atomic mass is 9.46. The average Bonchev–Trinajstić information content (AvgIpc) is 3.08. The Bertz CT molecular complexity index is 874. The minimum Gasteiger partial charge on any atom is -0.481 e. The first kappa shape index (κ1) is 24.2. The summed E-state index contributed by atoms with van der Waals surface area (Å²) in [7, 11) is 0. The second kappa shape index (κ2) is 8.99. The van der Waals surface area contributed by atoms with Crippen molar-refractivity contribution in [2.45, 2.75) is 97.5 Å². The van der Waals surface area contributed by atoms with Gasteiger partial charge in [0.15, 0.2) is 5.78 Å². The molecule has 6 heteroatoms. The van der Waals surface area contributed by atoms with Gasteiger partial charge in [-0.25, -0.2) is 0 Å². The van der Waals surface area contributed by atoms with Crippen molar-refractivity contribution in [3.63, 3.8) is 0 Å². The molecule has 0 unspecified atom stereocenters. The molecule has 0 heterocycles. The third-order valence-corrected chi connectivity index (χ3v) is 9.67. The Morgan fingerprint density at radius 3 is 2.52 bits per heavy atom. The van der Waals surface area contributed by atoms with Gasteiger partial charge in [-0.2, -0.15) is 0 Å². The summed E-state index contributed by atoms with van der Waals surface area (Å²) in [5.74, 6) is 0.320. The summed E-state index contributed by atoms with van der Waals surface area (Å²) < 4.78 is 6.20. The van der Waals surface area contributed by atoms with Gasteiger partial charge in [0, 0.05) is 31.1 Å². The summed E-state index contributed by atoms with van der Waals surface area (Å²) in [5, 5.41) is 8.84. The van der Waals surface area contributed by atoms with Crippen LogP contribution < -0.4 is 0 Å².